The third-order valence-corrected chi connectivity index (χ3v) is 9.93. The first-order chi connectivity index (χ1) is 19.9. The van der Waals surface area contributed by atoms with Crippen molar-refractivity contribution in [3.8, 4) is 0 Å². The number of benzene rings is 2. The third kappa shape index (κ3) is 5.09. The maximum Gasteiger partial charge on any atom is 0.494 e. The lowest BCUT2D eigenvalue weighted by molar-refractivity contribution is -0.135. The lowest BCUT2D eigenvalue weighted by atomic mass is 9.79. The molecule has 0 bridgehead atoms. The minimum absolute atomic E-state index is 0.218. The van der Waals surface area contributed by atoms with E-state index in [0.717, 1.165) is 60.8 Å². The van der Waals surface area contributed by atoms with Gasteiger partial charge in [-0.2, -0.15) is 0 Å². The summed E-state index contributed by atoms with van der Waals surface area (Å²) in [5.41, 5.74) is 4.11. The Kier molecular flexibility index (Phi) is 7.34. The number of nitrogens with zero attached hydrogens (tertiary/aromatic N) is 3. The number of para-hydroxylation sites is 1. The normalized spacial score (nSPS) is 22.6. The molecule has 9 nitrogen and oxygen atoms in total. The van der Waals surface area contributed by atoms with Crippen molar-refractivity contribution < 1.29 is 18.9 Å². The van der Waals surface area contributed by atoms with Crippen LogP contribution in [-0.4, -0.2) is 52.4 Å². The van der Waals surface area contributed by atoms with Crippen LogP contribution in [0, 0.1) is 5.92 Å². The minimum atomic E-state index is -0.663. The first-order valence-corrected chi connectivity index (χ1v) is 15.2. The van der Waals surface area contributed by atoms with Gasteiger partial charge in [-0.1, -0.05) is 24.3 Å². The molecule has 3 aliphatic rings. The van der Waals surface area contributed by atoms with Crippen LogP contribution in [0.4, 0.5) is 5.69 Å². The number of piperidine rings is 2. The number of imidazole rings is 1. The highest BCUT2D eigenvalue weighted by molar-refractivity contribution is 6.62. The molecule has 3 aliphatic heterocycles. The molecule has 3 fully saturated rings. The topological polar surface area (TPSA) is 94.8 Å². The SMILES string of the molecule is Cn1c(=O)n(C2CCC(=O)NC2=O)c2cccc(CCC3CCN(c4ccc(B5OC(C)(C)C(C)(C)O5)cc4)CC3)c21. The van der Waals surface area contributed by atoms with E-state index >= 15 is 0 Å². The van der Waals surface area contributed by atoms with E-state index in [-0.39, 0.29) is 36.3 Å². The molecule has 1 atom stereocenters. The largest absolute Gasteiger partial charge is 0.494 e. The average Bonchev–Trinajstić information content (AvgIpc) is 3.34. The summed E-state index contributed by atoms with van der Waals surface area (Å²) in [6.07, 6.45) is 4.73. The fourth-order valence-corrected chi connectivity index (χ4v) is 6.61. The second kappa shape index (κ2) is 10.7. The predicted molar refractivity (Wildman–Crippen MR) is 164 cm³/mol. The molecule has 10 heteroatoms. The zero-order valence-electron chi connectivity index (χ0n) is 25.3. The van der Waals surface area contributed by atoms with Crippen molar-refractivity contribution in [1.82, 2.24) is 14.5 Å². The van der Waals surface area contributed by atoms with E-state index < -0.39 is 11.9 Å². The van der Waals surface area contributed by atoms with Gasteiger partial charge in [-0.3, -0.25) is 24.0 Å². The monoisotopic (exact) mass is 572 g/mol. The molecule has 6 rings (SSSR count). The average molecular weight is 573 g/mol. The van der Waals surface area contributed by atoms with Crippen molar-refractivity contribution in [3.63, 3.8) is 0 Å². The Morgan fingerprint density at radius 1 is 0.929 bits per heavy atom. The molecule has 4 heterocycles. The van der Waals surface area contributed by atoms with E-state index in [2.05, 4.69) is 68.2 Å². The van der Waals surface area contributed by atoms with E-state index in [1.807, 2.05) is 12.1 Å². The van der Waals surface area contributed by atoms with E-state index in [4.69, 9.17) is 9.31 Å². The number of nitrogens with one attached hydrogen (secondary N) is 1. The molecular formula is C32H41BN4O5. The fraction of sp³-hybridized carbons (Fsp3) is 0.531. The number of carbonyl (C=O) groups is 2. The number of anilines is 1. The summed E-state index contributed by atoms with van der Waals surface area (Å²) in [7, 11) is 1.42. The molecule has 0 aliphatic carbocycles. The molecule has 3 aromatic rings. The van der Waals surface area contributed by atoms with Gasteiger partial charge < -0.3 is 14.2 Å². The Bertz CT molecular complexity index is 1550. The van der Waals surface area contributed by atoms with Crippen LogP contribution in [0.1, 0.15) is 71.4 Å². The van der Waals surface area contributed by atoms with E-state index in [9.17, 15) is 14.4 Å². The number of hydrogen-bond donors (Lipinski definition) is 1. The first-order valence-electron chi connectivity index (χ1n) is 15.2. The molecule has 1 unspecified atom stereocenters. The van der Waals surface area contributed by atoms with Gasteiger partial charge in [-0.15, -0.1) is 0 Å². The number of hydrogen-bond acceptors (Lipinski definition) is 6. The minimum Gasteiger partial charge on any atom is -0.399 e. The first kappa shape index (κ1) is 28.7. The molecule has 42 heavy (non-hydrogen) atoms. The van der Waals surface area contributed by atoms with Gasteiger partial charge in [0.25, 0.3) is 0 Å². The van der Waals surface area contributed by atoms with Crippen molar-refractivity contribution in [3.05, 3.63) is 58.5 Å². The number of rotatable bonds is 6. The number of amides is 2. The molecule has 1 aromatic heterocycles. The molecule has 0 radical (unpaired) electrons. The van der Waals surface area contributed by atoms with Crippen LogP contribution >= 0.6 is 0 Å². The zero-order chi connectivity index (χ0) is 29.8. The smallest absolute Gasteiger partial charge is 0.399 e. The second-order valence-electron chi connectivity index (χ2n) is 13.1. The number of carbonyl (C=O) groups excluding carboxylic acids is 2. The molecule has 0 saturated carbocycles. The molecular weight excluding hydrogens is 531 g/mol. The Hall–Kier alpha value is -3.37. The second-order valence-corrected chi connectivity index (χ2v) is 13.1. The maximum atomic E-state index is 13.2. The Morgan fingerprint density at radius 3 is 2.24 bits per heavy atom. The highest BCUT2D eigenvalue weighted by Gasteiger charge is 2.51. The zero-order valence-corrected chi connectivity index (χ0v) is 25.3. The predicted octanol–water partition coefficient (Wildman–Crippen LogP) is 3.47. The van der Waals surface area contributed by atoms with Crippen LogP contribution in [-0.2, 0) is 32.4 Å². The van der Waals surface area contributed by atoms with Crippen molar-refractivity contribution in [2.24, 2.45) is 13.0 Å². The number of aryl methyl sites for hydroxylation is 2. The molecule has 1 N–H and O–H groups in total. The van der Waals surface area contributed by atoms with Gasteiger partial charge >= 0.3 is 12.8 Å². The lowest BCUT2D eigenvalue weighted by Gasteiger charge is -2.34. The lowest BCUT2D eigenvalue weighted by Crippen LogP contribution is -2.44. The quantitative estimate of drug-likeness (QED) is 0.359. The van der Waals surface area contributed by atoms with E-state index in [1.165, 1.54) is 5.69 Å². The van der Waals surface area contributed by atoms with Gasteiger partial charge in [0.15, 0.2) is 0 Å². The van der Waals surface area contributed by atoms with Crippen molar-refractivity contribution in [2.75, 3.05) is 18.0 Å². The summed E-state index contributed by atoms with van der Waals surface area (Å²) >= 11 is 0. The van der Waals surface area contributed by atoms with Crippen LogP contribution in [0.2, 0.25) is 0 Å². The number of imide groups is 1. The van der Waals surface area contributed by atoms with Gasteiger partial charge in [0.2, 0.25) is 11.8 Å². The number of aromatic nitrogens is 2. The van der Waals surface area contributed by atoms with Crippen LogP contribution in [0.3, 0.4) is 0 Å². The van der Waals surface area contributed by atoms with E-state index in [0.29, 0.717) is 12.3 Å². The molecule has 3 saturated heterocycles. The van der Waals surface area contributed by atoms with Gasteiger partial charge in [-0.25, -0.2) is 4.79 Å². The van der Waals surface area contributed by atoms with E-state index in [1.54, 1.807) is 16.2 Å². The summed E-state index contributed by atoms with van der Waals surface area (Å²) in [5.74, 6) is -0.0784. The van der Waals surface area contributed by atoms with Gasteiger partial charge in [-0.05, 0) is 94.9 Å². The highest BCUT2D eigenvalue weighted by atomic mass is 16.7. The van der Waals surface area contributed by atoms with Crippen molar-refractivity contribution >= 4 is 41.1 Å². The molecule has 2 amide bonds. The van der Waals surface area contributed by atoms with Crippen molar-refractivity contribution in [1.29, 1.82) is 0 Å². The summed E-state index contributed by atoms with van der Waals surface area (Å²) in [4.78, 5) is 39.9. The van der Waals surface area contributed by atoms with Crippen LogP contribution < -0.4 is 21.4 Å². The Labute approximate surface area is 247 Å². The number of fused-ring (bicyclic) bond motifs is 1. The van der Waals surface area contributed by atoms with Gasteiger partial charge in [0, 0.05) is 32.2 Å². The van der Waals surface area contributed by atoms with Crippen LogP contribution in [0.5, 0.6) is 0 Å². The van der Waals surface area contributed by atoms with Crippen LogP contribution in [0.25, 0.3) is 11.0 Å². The fourth-order valence-electron chi connectivity index (χ4n) is 6.61. The Morgan fingerprint density at radius 2 is 1.60 bits per heavy atom. The van der Waals surface area contributed by atoms with Gasteiger partial charge in [0.1, 0.15) is 6.04 Å². The summed E-state index contributed by atoms with van der Waals surface area (Å²) < 4.78 is 15.6. The maximum absolute atomic E-state index is 13.2. The van der Waals surface area contributed by atoms with Crippen LogP contribution in [0.15, 0.2) is 47.3 Å². The van der Waals surface area contributed by atoms with Crippen molar-refractivity contribution in [2.45, 2.75) is 83.5 Å². The summed E-state index contributed by atoms with van der Waals surface area (Å²) in [6, 6.07) is 13.9. The summed E-state index contributed by atoms with van der Waals surface area (Å²) in [6.45, 7) is 10.3. The highest BCUT2D eigenvalue weighted by Crippen LogP contribution is 2.37. The summed E-state index contributed by atoms with van der Waals surface area (Å²) in [5, 5.41) is 2.39. The molecule has 0 spiro atoms. The third-order valence-electron chi connectivity index (χ3n) is 9.93. The van der Waals surface area contributed by atoms with Gasteiger partial charge in [0.05, 0.1) is 22.2 Å². The molecule has 2 aromatic carbocycles. The molecule has 222 valence electrons. The standard InChI is InChI=1S/C32H41BN4O5/c1-31(2)32(3,4)42-33(41-31)23-11-13-24(14-12-23)36-19-17-21(18-20-36)9-10-22-7-6-8-25-28(22)35(5)30(40)37(25)26-15-16-27(38)34-29(26)39/h6-8,11-14,21,26H,9-10,15-20H2,1-5H3,(H,34,38,39). The Balaban J connectivity index is 1.08.